The van der Waals surface area contributed by atoms with E-state index in [9.17, 15) is 4.11 Å². The van der Waals surface area contributed by atoms with Gasteiger partial charge in [-0.25, -0.2) is 0 Å². The van der Waals surface area contributed by atoms with Crippen molar-refractivity contribution in [3.05, 3.63) is 222 Å². The zero-order chi connectivity index (χ0) is 41.0. The summed E-state index contributed by atoms with van der Waals surface area (Å²) in [5.41, 5.74) is 6.09. The summed E-state index contributed by atoms with van der Waals surface area (Å²) < 4.78 is 66.5. The van der Waals surface area contributed by atoms with Gasteiger partial charge in [-0.2, -0.15) is 0 Å². The normalized spacial score (nSPS) is 16.7. The van der Waals surface area contributed by atoms with Crippen LogP contribution < -0.4 is 4.90 Å². The second kappa shape index (κ2) is 11.8. The molecule has 1 aromatic heterocycles. The third kappa shape index (κ3) is 4.43. The molecule has 9 aromatic carbocycles. The Morgan fingerprint density at radius 2 is 1.11 bits per heavy atom. The van der Waals surface area contributed by atoms with E-state index in [1.807, 2.05) is 60.7 Å². The summed E-state index contributed by atoms with van der Waals surface area (Å²) in [4.78, 5) is 2.24. The van der Waals surface area contributed by atoms with Crippen LogP contribution in [0.4, 0.5) is 17.1 Å². The van der Waals surface area contributed by atoms with Crippen LogP contribution in [0.15, 0.2) is 200 Å². The van der Waals surface area contributed by atoms with Gasteiger partial charge in [0.1, 0.15) is 0 Å². The number of hydrogen-bond donors (Lipinski definition) is 0. The molecule has 1 aliphatic rings. The molecule has 0 radical (unpaired) electrons. The molecule has 0 bridgehead atoms. The molecule has 1 heterocycles. The summed E-state index contributed by atoms with van der Waals surface area (Å²) in [6, 6.07) is 51.3. The molecule has 0 fully saturated rings. The molecular weight excluding hydrogens is 659 g/mol. The van der Waals surface area contributed by atoms with Crippen molar-refractivity contribution in [2.75, 3.05) is 4.90 Å². The van der Waals surface area contributed by atoms with E-state index in [1.165, 1.54) is 0 Å². The van der Waals surface area contributed by atoms with Crippen molar-refractivity contribution in [2.45, 2.75) is 5.41 Å². The lowest BCUT2D eigenvalue weighted by Gasteiger charge is -2.35. The van der Waals surface area contributed by atoms with E-state index in [1.54, 1.807) is 11.3 Å². The lowest BCUT2D eigenvalue weighted by atomic mass is 9.66. The first kappa shape index (κ1) is 23.9. The summed E-state index contributed by atoms with van der Waals surface area (Å²) in [6.45, 7) is 0. The molecular formula is C51H33NS. The average molecular weight is 699 g/mol. The number of hydrogen-bond acceptors (Lipinski definition) is 2. The maximum absolute atomic E-state index is 9.88. The highest BCUT2D eigenvalue weighted by molar-refractivity contribution is 7.26. The highest BCUT2D eigenvalue weighted by atomic mass is 32.1. The molecule has 0 aliphatic heterocycles. The zero-order valence-electron chi connectivity index (χ0n) is 35.4. The molecule has 10 aromatic rings. The first-order chi connectivity index (χ1) is 29.2. The lowest BCUT2D eigenvalue weighted by molar-refractivity contribution is 0.786. The van der Waals surface area contributed by atoms with E-state index in [2.05, 4.69) is 102 Å². The minimum absolute atomic E-state index is 0.0611. The van der Waals surface area contributed by atoms with Gasteiger partial charge in [-0.1, -0.05) is 158 Å². The van der Waals surface area contributed by atoms with Gasteiger partial charge >= 0.3 is 0 Å². The molecule has 0 saturated carbocycles. The molecule has 1 unspecified atom stereocenters. The minimum Gasteiger partial charge on any atom is -0.310 e. The van der Waals surface area contributed by atoms with E-state index in [-0.39, 0.29) is 34.5 Å². The van der Waals surface area contributed by atoms with Crippen LogP contribution in [0.2, 0.25) is 0 Å². The SMILES string of the molecule is [2H]c1c([2H])c([2H])c2c(C3(c4cccc5c4sc4ccccc45)c4ccccc4-c4cc(N(c5ccccc5)c5ccc6ccccc6c5)ccc43)c([2H])c([2H])c([2H])c2c1[2H]. The number of thiophene rings is 1. The Morgan fingerprint density at radius 3 is 2.06 bits per heavy atom. The van der Waals surface area contributed by atoms with Crippen LogP contribution >= 0.6 is 11.3 Å². The van der Waals surface area contributed by atoms with E-state index < -0.39 is 29.6 Å². The molecule has 0 amide bonds. The van der Waals surface area contributed by atoms with Crippen molar-refractivity contribution in [3.63, 3.8) is 0 Å². The third-order valence-electron chi connectivity index (χ3n) is 10.8. The summed E-state index contributed by atoms with van der Waals surface area (Å²) in [5.74, 6) is 0. The highest BCUT2D eigenvalue weighted by Crippen LogP contribution is 2.60. The van der Waals surface area contributed by atoms with Crippen LogP contribution in [0.3, 0.4) is 0 Å². The largest absolute Gasteiger partial charge is 0.310 e. The number of nitrogens with zero attached hydrogens (tertiary/aromatic N) is 1. The Labute approximate surface area is 322 Å². The summed E-state index contributed by atoms with van der Waals surface area (Å²) in [7, 11) is 0. The number of fused-ring (bicyclic) bond motifs is 8. The van der Waals surface area contributed by atoms with Crippen LogP contribution in [-0.4, -0.2) is 0 Å². The van der Waals surface area contributed by atoms with Gasteiger partial charge in [-0.05, 0) is 97.4 Å². The van der Waals surface area contributed by atoms with Crippen LogP contribution in [0.1, 0.15) is 31.8 Å². The molecule has 0 spiro atoms. The van der Waals surface area contributed by atoms with Gasteiger partial charge in [0.05, 0.1) is 15.0 Å². The van der Waals surface area contributed by atoms with Crippen molar-refractivity contribution >= 4 is 70.1 Å². The number of rotatable bonds is 5. The second-order valence-electron chi connectivity index (χ2n) is 13.5. The zero-order valence-corrected chi connectivity index (χ0v) is 29.2. The van der Waals surface area contributed by atoms with E-state index in [0.717, 1.165) is 75.8 Å². The Hall–Kier alpha value is -6.48. The predicted molar refractivity (Wildman–Crippen MR) is 226 cm³/mol. The Balaban J connectivity index is 1.31. The number of benzene rings is 9. The standard InChI is InChI=1S/C51H33NS/c1-2-18-37(19-3-1)52(38-29-28-34-14-4-5-16-36(34)32-38)39-30-31-47-44(33-39)41-21-8-10-24-46(41)51(47,45-25-12-17-35-15-6-7-20-40(35)45)48-26-13-23-43-42-22-9-11-27-49(42)53-50(43)48/h1-33H/i6D,7D,12D,15D,17D,20D,25D. The number of para-hydroxylation sites is 1. The Kier molecular flexibility index (Phi) is 5.31. The van der Waals surface area contributed by atoms with Crippen LogP contribution in [-0.2, 0) is 5.41 Å². The number of anilines is 3. The van der Waals surface area contributed by atoms with Crippen molar-refractivity contribution in [1.82, 2.24) is 0 Å². The van der Waals surface area contributed by atoms with Crippen LogP contribution in [0.5, 0.6) is 0 Å². The molecule has 11 rings (SSSR count). The molecule has 0 saturated heterocycles. The molecule has 0 N–H and O–H groups in total. The van der Waals surface area contributed by atoms with Gasteiger partial charge < -0.3 is 4.90 Å². The van der Waals surface area contributed by atoms with Crippen molar-refractivity contribution < 1.29 is 9.60 Å². The first-order valence-corrected chi connectivity index (χ1v) is 18.5. The predicted octanol–water partition coefficient (Wildman–Crippen LogP) is 14.2. The lowest BCUT2D eigenvalue weighted by Crippen LogP contribution is -2.29. The minimum atomic E-state index is -1.34. The maximum atomic E-state index is 9.88. The fraction of sp³-hybridized carbons (Fsp3) is 0.0196. The van der Waals surface area contributed by atoms with E-state index >= 15 is 0 Å². The van der Waals surface area contributed by atoms with Gasteiger partial charge in [0, 0.05) is 37.2 Å². The molecule has 1 aliphatic carbocycles. The molecule has 248 valence electrons. The van der Waals surface area contributed by atoms with Gasteiger partial charge in [0.15, 0.2) is 0 Å². The Bertz CT molecular complexity index is 3430. The molecule has 2 heteroatoms. The molecule has 1 atom stereocenters. The van der Waals surface area contributed by atoms with E-state index in [0.29, 0.717) is 0 Å². The van der Waals surface area contributed by atoms with Crippen molar-refractivity contribution in [2.24, 2.45) is 0 Å². The maximum Gasteiger partial charge on any atom is 0.0733 e. The quantitative estimate of drug-likeness (QED) is 0.173. The molecule has 53 heavy (non-hydrogen) atoms. The van der Waals surface area contributed by atoms with Crippen molar-refractivity contribution in [3.8, 4) is 11.1 Å². The average Bonchev–Trinajstić information content (AvgIpc) is 3.81. The summed E-state index contributed by atoms with van der Waals surface area (Å²) >= 11 is 1.65. The first-order valence-electron chi connectivity index (χ1n) is 21.2. The Morgan fingerprint density at radius 1 is 0.415 bits per heavy atom. The van der Waals surface area contributed by atoms with Gasteiger partial charge in [0.2, 0.25) is 0 Å². The topological polar surface area (TPSA) is 3.24 Å². The fourth-order valence-electron chi connectivity index (χ4n) is 8.58. The smallest absolute Gasteiger partial charge is 0.0733 e. The second-order valence-corrected chi connectivity index (χ2v) is 14.6. The summed E-state index contributed by atoms with van der Waals surface area (Å²) in [6.07, 6.45) is 0. The van der Waals surface area contributed by atoms with Crippen LogP contribution in [0.25, 0.3) is 52.8 Å². The van der Waals surface area contributed by atoms with Gasteiger partial charge in [0.25, 0.3) is 0 Å². The van der Waals surface area contributed by atoms with Gasteiger partial charge in [-0.15, -0.1) is 11.3 Å². The van der Waals surface area contributed by atoms with Crippen LogP contribution in [0, 0.1) is 0 Å². The monoisotopic (exact) mass is 698 g/mol. The van der Waals surface area contributed by atoms with Crippen molar-refractivity contribution in [1.29, 1.82) is 0 Å². The fourth-order valence-corrected chi connectivity index (χ4v) is 9.86. The van der Waals surface area contributed by atoms with Gasteiger partial charge in [-0.3, -0.25) is 0 Å². The molecule has 1 nitrogen and oxygen atoms in total. The third-order valence-corrected chi connectivity index (χ3v) is 12.0. The summed E-state index contributed by atoms with van der Waals surface area (Å²) in [5, 5.41) is 4.39. The highest BCUT2D eigenvalue weighted by Gasteiger charge is 2.48. The van der Waals surface area contributed by atoms with E-state index in [4.69, 9.17) is 5.48 Å².